The highest BCUT2D eigenvalue weighted by molar-refractivity contribution is 6.07. The smallest absolute Gasteiger partial charge is 0.256 e. The number of aromatic nitrogens is 1. The summed E-state index contributed by atoms with van der Waals surface area (Å²) in [7, 11) is 3.73. The van der Waals surface area contributed by atoms with Crippen molar-refractivity contribution < 1.29 is 14.3 Å². The maximum Gasteiger partial charge on any atom is 0.256 e. The van der Waals surface area contributed by atoms with E-state index in [-0.39, 0.29) is 17.4 Å². The quantitative estimate of drug-likeness (QED) is 0.861. The van der Waals surface area contributed by atoms with Crippen molar-refractivity contribution in [2.75, 3.05) is 33.4 Å². The summed E-state index contributed by atoms with van der Waals surface area (Å²) in [5.41, 5.74) is 1.82. The molecule has 0 N–H and O–H groups in total. The topological polar surface area (TPSA) is 43.7 Å². The number of carbonyl (C=O) groups is 1. The lowest BCUT2D eigenvalue weighted by molar-refractivity contribution is -0.142. The Labute approximate surface area is 148 Å². The van der Waals surface area contributed by atoms with Gasteiger partial charge >= 0.3 is 0 Å². The van der Waals surface area contributed by atoms with Gasteiger partial charge in [0.2, 0.25) is 0 Å². The van der Waals surface area contributed by atoms with Crippen LogP contribution in [0, 0.1) is 5.41 Å². The summed E-state index contributed by atoms with van der Waals surface area (Å²) in [5.74, 6) is 0.122. The molecule has 0 bridgehead atoms. The molecule has 1 aromatic heterocycles. The van der Waals surface area contributed by atoms with E-state index in [0.717, 1.165) is 48.9 Å². The summed E-state index contributed by atoms with van der Waals surface area (Å²) >= 11 is 0. The second-order valence-electron chi connectivity index (χ2n) is 7.44. The van der Waals surface area contributed by atoms with E-state index in [4.69, 9.17) is 9.47 Å². The molecule has 5 heteroatoms. The SMILES string of the molecule is COCC12CCCOC1CCN(C(=O)c1cn(C)c3ccccc13)C2. The molecular weight excluding hydrogens is 316 g/mol. The number of hydrogen-bond acceptors (Lipinski definition) is 3. The Kier molecular flexibility index (Phi) is 4.29. The zero-order chi connectivity index (χ0) is 17.4. The number of ether oxygens (including phenoxy) is 2. The molecule has 2 aromatic rings. The molecular formula is C20H26N2O3. The van der Waals surface area contributed by atoms with Crippen LogP contribution in [0.2, 0.25) is 0 Å². The van der Waals surface area contributed by atoms with Crippen LogP contribution in [0.4, 0.5) is 0 Å². The third kappa shape index (κ3) is 2.75. The molecule has 0 saturated carbocycles. The minimum Gasteiger partial charge on any atom is -0.384 e. The highest BCUT2D eigenvalue weighted by atomic mass is 16.5. The Hall–Kier alpha value is -1.85. The molecule has 2 aliphatic rings. The van der Waals surface area contributed by atoms with Crippen LogP contribution in [-0.2, 0) is 16.5 Å². The lowest BCUT2D eigenvalue weighted by atomic mass is 9.73. The predicted molar refractivity (Wildman–Crippen MR) is 96.7 cm³/mol. The van der Waals surface area contributed by atoms with E-state index in [1.54, 1.807) is 7.11 Å². The lowest BCUT2D eigenvalue weighted by Crippen LogP contribution is -2.58. The normalized spacial score (nSPS) is 26.6. The number of para-hydroxylation sites is 1. The van der Waals surface area contributed by atoms with Crippen molar-refractivity contribution in [1.82, 2.24) is 9.47 Å². The molecule has 2 unspecified atom stereocenters. The van der Waals surface area contributed by atoms with Gasteiger partial charge in [-0.2, -0.15) is 0 Å². The van der Waals surface area contributed by atoms with Gasteiger partial charge in [-0.3, -0.25) is 4.79 Å². The molecule has 0 aliphatic carbocycles. The molecule has 2 saturated heterocycles. The minimum absolute atomic E-state index is 0.0640. The zero-order valence-electron chi connectivity index (χ0n) is 15.0. The van der Waals surface area contributed by atoms with Gasteiger partial charge in [0.15, 0.2) is 0 Å². The summed E-state index contributed by atoms with van der Waals surface area (Å²) in [4.78, 5) is 15.3. The van der Waals surface area contributed by atoms with Crippen molar-refractivity contribution in [3.05, 3.63) is 36.0 Å². The number of rotatable bonds is 3. The van der Waals surface area contributed by atoms with Crippen molar-refractivity contribution in [3.8, 4) is 0 Å². The molecule has 0 spiro atoms. The summed E-state index contributed by atoms with van der Waals surface area (Å²) in [6, 6.07) is 8.09. The largest absolute Gasteiger partial charge is 0.384 e. The third-order valence-corrected chi connectivity index (χ3v) is 5.83. The molecule has 0 radical (unpaired) electrons. The highest BCUT2D eigenvalue weighted by Gasteiger charge is 2.47. The van der Waals surface area contributed by atoms with Crippen LogP contribution in [0.15, 0.2) is 30.5 Å². The fraction of sp³-hybridized carbons (Fsp3) is 0.550. The van der Waals surface area contributed by atoms with Crippen LogP contribution in [0.5, 0.6) is 0 Å². The first-order valence-electron chi connectivity index (χ1n) is 9.08. The number of methoxy groups -OCH3 is 1. The first-order valence-corrected chi connectivity index (χ1v) is 9.08. The highest BCUT2D eigenvalue weighted by Crippen LogP contribution is 2.41. The van der Waals surface area contributed by atoms with E-state index in [9.17, 15) is 4.79 Å². The number of likely N-dealkylation sites (tertiary alicyclic amines) is 1. The lowest BCUT2D eigenvalue weighted by Gasteiger charge is -2.50. The second-order valence-corrected chi connectivity index (χ2v) is 7.44. The molecule has 2 atom stereocenters. The molecule has 134 valence electrons. The number of amides is 1. The standard InChI is InChI=1S/C20H26N2O3/c1-21-12-16(15-6-3-4-7-17(15)21)19(23)22-10-8-18-20(13-22,14-24-2)9-5-11-25-18/h3-4,6-7,12,18H,5,8-11,13-14H2,1-2H3. The van der Waals surface area contributed by atoms with E-state index in [1.165, 1.54) is 0 Å². The number of hydrogen-bond donors (Lipinski definition) is 0. The van der Waals surface area contributed by atoms with Crippen LogP contribution >= 0.6 is 0 Å². The van der Waals surface area contributed by atoms with Crippen LogP contribution < -0.4 is 0 Å². The van der Waals surface area contributed by atoms with Gasteiger partial charge in [-0.05, 0) is 25.3 Å². The van der Waals surface area contributed by atoms with Crippen LogP contribution in [0.25, 0.3) is 10.9 Å². The monoisotopic (exact) mass is 342 g/mol. The van der Waals surface area contributed by atoms with Crippen molar-refractivity contribution in [2.45, 2.75) is 25.4 Å². The van der Waals surface area contributed by atoms with Gasteiger partial charge in [-0.25, -0.2) is 0 Å². The summed E-state index contributed by atoms with van der Waals surface area (Å²) in [6.07, 6.45) is 5.15. The van der Waals surface area contributed by atoms with Gasteiger partial charge in [0.25, 0.3) is 5.91 Å². The predicted octanol–water partition coefficient (Wildman–Crippen LogP) is 2.84. The van der Waals surface area contributed by atoms with E-state index in [1.807, 2.05) is 40.9 Å². The Morgan fingerprint density at radius 1 is 1.40 bits per heavy atom. The maximum atomic E-state index is 13.3. The van der Waals surface area contributed by atoms with Crippen LogP contribution in [0.1, 0.15) is 29.6 Å². The van der Waals surface area contributed by atoms with Crippen molar-refractivity contribution in [1.29, 1.82) is 0 Å². The number of benzene rings is 1. The van der Waals surface area contributed by atoms with Crippen LogP contribution in [0.3, 0.4) is 0 Å². The molecule has 25 heavy (non-hydrogen) atoms. The van der Waals surface area contributed by atoms with Gasteiger partial charge in [0.05, 0.1) is 18.3 Å². The maximum absolute atomic E-state index is 13.3. The van der Waals surface area contributed by atoms with Crippen molar-refractivity contribution in [2.24, 2.45) is 12.5 Å². The minimum atomic E-state index is -0.0640. The molecule has 2 aliphatic heterocycles. The van der Waals surface area contributed by atoms with Gasteiger partial charge in [-0.15, -0.1) is 0 Å². The molecule has 3 heterocycles. The molecule has 4 rings (SSSR count). The van der Waals surface area contributed by atoms with E-state index in [2.05, 4.69) is 6.07 Å². The van der Waals surface area contributed by atoms with Gasteiger partial charge < -0.3 is 18.9 Å². The Balaban J connectivity index is 1.64. The van der Waals surface area contributed by atoms with Gasteiger partial charge in [0.1, 0.15) is 0 Å². The Bertz CT molecular complexity index is 780. The summed E-state index contributed by atoms with van der Waals surface area (Å²) < 4.78 is 13.6. The summed E-state index contributed by atoms with van der Waals surface area (Å²) in [6.45, 7) is 2.94. The first-order chi connectivity index (χ1) is 12.1. The fourth-order valence-corrected chi connectivity index (χ4v) is 4.64. The fourth-order valence-electron chi connectivity index (χ4n) is 4.64. The molecule has 5 nitrogen and oxygen atoms in total. The van der Waals surface area contributed by atoms with E-state index >= 15 is 0 Å². The van der Waals surface area contributed by atoms with Crippen molar-refractivity contribution >= 4 is 16.8 Å². The summed E-state index contributed by atoms with van der Waals surface area (Å²) in [5, 5.41) is 1.03. The van der Waals surface area contributed by atoms with E-state index < -0.39 is 0 Å². The van der Waals surface area contributed by atoms with Gasteiger partial charge in [-0.1, -0.05) is 18.2 Å². The third-order valence-electron chi connectivity index (χ3n) is 5.83. The average molecular weight is 342 g/mol. The molecule has 2 fully saturated rings. The number of piperidine rings is 1. The molecule has 1 amide bonds. The zero-order valence-corrected chi connectivity index (χ0v) is 15.0. The van der Waals surface area contributed by atoms with Crippen LogP contribution in [-0.4, -0.2) is 54.9 Å². The number of fused-ring (bicyclic) bond motifs is 2. The first kappa shape index (κ1) is 16.6. The van der Waals surface area contributed by atoms with Crippen molar-refractivity contribution in [3.63, 3.8) is 0 Å². The average Bonchev–Trinajstić information content (AvgIpc) is 2.98. The second kappa shape index (κ2) is 6.46. The number of carbonyl (C=O) groups excluding carboxylic acids is 1. The van der Waals surface area contributed by atoms with E-state index in [0.29, 0.717) is 13.2 Å². The van der Waals surface area contributed by atoms with Gasteiger partial charge in [0, 0.05) is 56.4 Å². The molecule has 1 aromatic carbocycles. The number of aryl methyl sites for hydroxylation is 1. The number of nitrogens with zero attached hydrogens (tertiary/aromatic N) is 2. The Morgan fingerprint density at radius 2 is 2.24 bits per heavy atom. The Morgan fingerprint density at radius 3 is 3.08 bits per heavy atom.